The van der Waals surface area contributed by atoms with Gasteiger partial charge in [-0.15, -0.1) is 0 Å². The minimum absolute atomic E-state index is 0.234. The van der Waals surface area contributed by atoms with Gasteiger partial charge in [-0.1, -0.05) is 48.5 Å². The quantitative estimate of drug-likeness (QED) is 0.570. The standard InChI is InChI=1S/C27H27N3O4/c1-27(21-12-11-18-9-6-10-20(18)15-21)25(32)30(26(33)28-27)17-24(31)29(2)16-22-13-14-23(34-22)19-7-4-3-5-8-19/h3-5,7-8,11-15H,6,9-10,16-17H2,1-2H3,(H,28,33). The molecule has 2 heterocycles. The number of imide groups is 1. The van der Waals surface area contributed by atoms with Crippen LogP contribution in [-0.4, -0.2) is 41.2 Å². The molecule has 7 nitrogen and oxygen atoms in total. The van der Waals surface area contributed by atoms with Gasteiger partial charge < -0.3 is 14.6 Å². The predicted octanol–water partition coefficient (Wildman–Crippen LogP) is 3.86. The average molecular weight is 458 g/mol. The van der Waals surface area contributed by atoms with E-state index in [0.29, 0.717) is 5.76 Å². The Hall–Kier alpha value is -3.87. The minimum atomic E-state index is -1.18. The lowest BCUT2D eigenvalue weighted by atomic mass is 9.89. The van der Waals surface area contributed by atoms with Gasteiger partial charge in [0.25, 0.3) is 5.91 Å². The van der Waals surface area contributed by atoms with Crippen LogP contribution in [0.5, 0.6) is 0 Å². The number of furan rings is 1. The fraction of sp³-hybridized carbons (Fsp3) is 0.296. The third-order valence-corrected chi connectivity index (χ3v) is 6.78. The third-order valence-electron chi connectivity index (χ3n) is 6.78. The summed E-state index contributed by atoms with van der Waals surface area (Å²) in [7, 11) is 1.63. The molecule has 3 aromatic rings. The highest BCUT2D eigenvalue weighted by Gasteiger charge is 2.49. The van der Waals surface area contributed by atoms with Crippen LogP contribution >= 0.6 is 0 Å². The highest BCUT2D eigenvalue weighted by atomic mass is 16.3. The van der Waals surface area contributed by atoms with Crippen LogP contribution in [0.1, 0.15) is 35.8 Å². The van der Waals surface area contributed by atoms with Gasteiger partial charge in [0.1, 0.15) is 23.6 Å². The van der Waals surface area contributed by atoms with E-state index in [2.05, 4.69) is 5.32 Å². The van der Waals surface area contributed by atoms with E-state index in [1.807, 2.05) is 60.7 Å². The maximum absolute atomic E-state index is 13.3. The van der Waals surface area contributed by atoms with Crippen LogP contribution in [0.15, 0.2) is 65.1 Å². The number of aryl methyl sites for hydroxylation is 2. The second-order valence-electron chi connectivity index (χ2n) is 9.17. The summed E-state index contributed by atoms with van der Waals surface area (Å²) in [4.78, 5) is 41.3. The molecule has 2 aliphatic rings. The molecule has 1 aliphatic carbocycles. The maximum atomic E-state index is 13.3. The van der Waals surface area contributed by atoms with Crippen molar-refractivity contribution in [1.29, 1.82) is 0 Å². The highest BCUT2D eigenvalue weighted by molar-refractivity contribution is 6.09. The first-order valence-corrected chi connectivity index (χ1v) is 11.5. The van der Waals surface area contributed by atoms with Crippen molar-refractivity contribution in [3.63, 3.8) is 0 Å². The Morgan fingerprint density at radius 2 is 1.82 bits per heavy atom. The zero-order valence-corrected chi connectivity index (χ0v) is 19.3. The fourth-order valence-electron chi connectivity index (χ4n) is 4.72. The number of urea groups is 1. The van der Waals surface area contributed by atoms with E-state index in [9.17, 15) is 14.4 Å². The Morgan fingerprint density at radius 1 is 1.06 bits per heavy atom. The number of hydrogen-bond acceptors (Lipinski definition) is 4. The van der Waals surface area contributed by atoms with Gasteiger partial charge in [-0.05, 0) is 55.0 Å². The van der Waals surface area contributed by atoms with Crippen LogP contribution in [0.3, 0.4) is 0 Å². The summed E-state index contributed by atoms with van der Waals surface area (Å²) in [5, 5.41) is 2.80. The molecule has 0 spiro atoms. The van der Waals surface area contributed by atoms with Gasteiger partial charge in [0.15, 0.2) is 0 Å². The van der Waals surface area contributed by atoms with E-state index < -0.39 is 17.5 Å². The molecule has 5 rings (SSSR count). The Balaban J connectivity index is 1.26. The van der Waals surface area contributed by atoms with Gasteiger partial charge in [-0.25, -0.2) is 4.79 Å². The van der Waals surface area contributed by atoms with Crippen LogP contribution in [0.4, 0.5) is 4.79 Å². The van der Waals surface area contributed by atoms with Crippen LogP contribution in [0.2, 0.25) is 0 Å². The van der Waals surface area contributed by atoms with Crippen LogP contribution in [0, 0.1) is 0 Å². The summed E-state index contributed by atoms with van der Waals surface area (Å²) in [6.45, 7) is 1.61. The molecule has 0 radical (unpaired) electrons. The summed E-state index contributed by atoms with van der Waals surface area (Å²) >= 11 is 0. The number of amides is 4. The van der Waals surface area contributed by atoms with Gasteiger partial charge in [0, 0.05) is 12.6 Å². The molecule has 1 aromatic heterocycles. The molecule has 7 heteroatoms. The number of rotatable bonds is 6. The topological polar surface area (TPSA) is 82.9 Å². The number of likely N-dealkylation sites (N-methyl/N-ethyl adjacent to an activating group) is 1. The van der Waals surface area contributed by atoms with E-state index >= 15 is 0 Å². The smallest absolute Gasteiger partial charge is 0.325 e. The lowest BCUT2D eigenvalue weighted by molar-refractivity contribution is -0.138. The van der Waals surface area contributed by atoms with Gasteiger partial charge in [0.2, 0.25) is 5.91 Å². The first-order chi connectivity index (χ1) is 16.3. The van der Waals surface area contributed by atoms with Gasteiger partial charge in [-0.2, -0.15) is 0 Å². The lowest BCUT2D eigenvalue weighted by Gasteiger charge is -2.23. The molecule has 34 heavy (non-hydrogen) atoms. The van der Waals surface area contributed by atoms with Gasteiger partial charge in [-0.3, -0.25) is 14.5 Å². The predicted molar refractivity (Wildman–Crippen MR) is 127 cm³/mol. The van der Waals surface area contributed by atoms with Crippen molar-refractivity contribution in [2.45, 2.75) is 38.3 Å². The van der Waals surface area contributed by atoms with Crippen LogP contribution in [0.25, 0.3) is 11.3 Å². The number of fused-ring (bicyclic) bond motifs is 1. The monoisotopic (exact) mass is 457 g/mol. The number of nitrogens with one attached hydrogen (secondary N) is 1. The van der Waals surface area contributed by atoms with Crippen LogP contribution in [-0.2, 0) is 34.5 Å². The summed E-state index contributed by atoms with van der Waals surface area (Å²) < 4.78 is 5.88. The number of carbonyl (C=O) groups is 3. The first-order valence-electron chi connectivity index (χ1n) is 11.5. The molecular formula is C27H27N3O4. The largest absolute Gasteiger partial charge is 0.459 e. The fourth-order valence-corrected chi connectivity index (χ4v) is 4.72. The van der Waals surface area contributed by atoms with Gasteiger partial charge >= 0.3 is 6.03 Å². The van der Waals surface area contributed by atoms with Crippen molar-refractivity contribution >= 4 is 17.8 Å². The molecule has 1 saturated heterocycles. The summed E-state index contributed by atoms with van der Waals surface area (Å²) in [5.74, 6) is 0.575. The van der Waals surface area contributed by atoms with Crippen molar-refractivity contribution < 1.29 is 18.8 Å². The zero-order chi connectivity index (χ0) is 23.9. The van der Waals surface area contributed by atoms with Crippen LogP contribution < -0.4 is 5.32 Å². The van der Waals surface area contributed by atoms with E-state index in [4.69, 9.17) is 4.42 Å². The molecule has 174 valence electrons. The summed E-state index contributed by atoms with van der Waals surface area (Å²) in [6, 6.07) is 18.8. The van der Waals surface area contributed by atoms with Crippen molar-refractivity contribution in [3.8, 4) is 11.3 Å². The second-order valence-corrected chi connectivity index (χ2v) is 9.17. The second kappa shape index (κ2) is 8.48. The summed E-state index contributed by atoms with van der Waals surface area (Å²) in [6.07, 6.45) is 3.13. The van der Waals surface area contributed by atoms with Crippen molar-refractivity contribution in [2.24, 2.45) is 0 Å². The maximum Gasteiger partial charge on any atom is 0.325 e. The molecule has 0 bridgehead atoms. The molecule has 1 aliphatic heterocycles. The van der Waals surface area contributed by atoms with E-state index in [-0.39, 0.29) is 19.0 Å². The first kappa shape index (κ1) is 21.9. The average Bonchev–Trinajstić information content (AvgIpc) is 3.55. The molecule has 1 unspecified atom stereocenters. The molecule has 1 N–H and O–H groups in total. The minimum Gasteiger partial charge on any atom is -0.459 e. The number of hydrogen-bond donors (Lipinski definition) is 1. The van der Waals surface area contributed by atoms with E-state index in [1.54, 1.807) is 14.0 Å². The zero-order valence-electron chi connectivity index (χ0n) is 19.3. The Bertz CT molecular complexity index is 1270. The Morgan fingerprint density at radius 3 is 2.62 bits per heavy atom. The van der Waals surface area contributed by atoms with Crippen molar-refractivity contribution in [1.82, 2.24) is 15.1 Å². The van der Waals surface area contributed by atoms with Gasteiger partial charge in [0.05, 0.1) is 6.54 Å². The number of benzene rings is 2. The molecule has 0 saturated carbocycles. The van der Waals surface area contributed by atoms with Crippen molar-refractivity contribution in [3.05, 3.63) is 83.1 Å². The number of carbonyl (C=O) groups excluding carboxylic acids is 3. The molecule has 1 fully saturated rings. The normalized spacial score (nSPS) is 19.3. The molecule has 2 aromatic carbocycles. The van der Waals surface area contributed by atoms with Crippen molar-refractivity contribution in [2.75, 3.05) is 13.6 Å². The van der Waals surface area contributed by atoms with E-state index in [0.717, 1.165) is 41.0 Å². The third kappa shape index (κ3) is 3.87. The Kier molecular flexibility index (Phi) is 5.48. The number of nitrogens with zero attached hydrogens (tertiary/aromatic N) is 2. The SMILES string of the molecule is CN(Cc1ccc(-c2ccccc2)o1)C(=O)CN1C(=O)NC(C)(c2ccc3c(c2)CCC3)C1=O. The lowest BCUT2D eigenvalue weighted by Crippen LogP contribution is -2.43. The molecule has 1 atom stereocenters. The molecular weight excluding hydrogens is 430 g/mol. The van der Waals surface area contributed by atoms with E-state index in [1.165, 1.54) is 16.0 Å². The Labute approximate surface area is 198 Å². The summed E-state index contributed by atoms with van der Waals surface area (Å²) in [5.41, 5.74) is 3.04. The molecule has 4 amide bonds. The highest BCUT2D eigenvalue weighted by Crippen LogP contribution is 2.32.